The van der Waals surface area contributed by atoms with E-state index in [1.54, 1.807) is 12.5 Å². The minimum Gasteiger partial charge on any atom is -0.339 e. The van der Waals surface area contributed by atoms with Crippen LogP contribution >= 0.6 is 0 Å². The first-order valence-corrected chi connectivity index (χ1v) is 9.11. The predicted molar refractivity (Wildman–Crippen MR) is 91.9 cm³/mol. The summed E-state index contributed by atoms with van der Waals surface area (Å²) in [5.74, 6) is 1.28. The zero-order chi connectivity index (χ0) is 17.9. The third-order valence-corrected chi connectivity index (χ3v) is 5.30. The van der Waals surface area contributed by atoms with E-state index in [1.165, 1.54) is 0 Å². The van der Waals surface area contributed by atoms with Gasteiger partial charge in [0.25, 0.3) is 0 Å². The lowest BCUT2D eigenvalue weighted by Gasteiger charge is -2.37. The van der Waals surface area contributed by atoms with Gasteiger partial charge in [-0.15, -0.1) is 10.2 Å². The van der Waals surface area contributed by atoms with Gasteiger partial charge in [-0.2, -0.15) is 5.10 Å². The third-order valence-electron chi connectivity index (χ3n) is 5.30. The van der Waals surface area contributed by atoms with E-state index in [2.05, 4.69) is 20.4 Å². The van der Waals surface area contributed by atoms with Crippen molar-refractivity contribution in [1.82, 2.24) is 34.8 Å². The van der Waals surface area contributed by atoms with E-state index < -0.39 is 0 Å². The molecule has 1 unspecified atom stereocenters. The van der Waals surface area contributed by atoms with Gasteiger partial charge < -0.3 is 14.4 Å². The molecular formula is C17H23N7O2. The maximum absolute atomic E-state index is 12.8. The van der Waals surface area contributed by atoms with Crippen LogP contribution in [0.25, 0.3) is 0 Å². The summed E-state index contributed by atoms with van der Waals surface area (Å²) in [5, 5.41) is 14.6. The number of piperazine rings is 1. The number of carbonyl (C=O) groups excluding carboxylic acids is 2. The van der Waals surface area contributed by atoms with Crippen LogP contribution in [-0.4, -0.2) is 72.8 Å². The molecule has 0 radical (unpaired) electrons. The van der Waals surface area contributed by atoms with Gasteiger partial charge in [-0.1, -0.05) is 0 Å². The first kappa shape index (κ1) is 16.7. The molecule has 138 valence electrons. The van der Waals surface area contributed by atoms with Gasteiger partial charge in [-0.3, -0.25) is 14.7 Å². The first-order chi connectivity index (χ1) is 12.7. The average Bonchev–Trinajstić information content (AvgIpc) is 3.36. The minimum atomic E-state index is -0.0122. The number of nitrogens with zero attached hydrogens (tertiary/aromatic N) is 6. The van der Waals surface area contributed by atoms with E-state index in [0.29, 0.717) is 45.6 Å². The van der Waals surface area contributed by atoms with Crippen LogP contribution in [-0.2, 0) is 29.0 Å². The number of fused-ring (bicyclic) bond motifs is 1. The lowest BCUT2D eigenvalue weighted by Crippen LogP contribution is -2.52. The molecule has 1 saturated heterocycles. The molecule has 1 N–H and O–H groups in total. The van der Waals surface area contributed by atoms with Crippen LogP contribution in [0.3, 0.4) is 0 Å². The Bertz CT molecular complexity index is 762. The molecule has 0 saturated carbocycles. The summed E-state index contributed by atoms with van der Waals surface area (Å²) in [4.78, 5) is 28.9. The highest BCUT2D eigenvalue weighted by atomic mass is 16.2. The van der Waals surface area contributed by atoms with Crippen LogP contribution in [0.1, 0.15) is 24.2 Å². The highest BCUT2D eigenvalue weighted by Gasteiger charge is 2.31. The van der Waals surface area contributed by atoms with Gasteiger partial charge in [0.15, 0.2) is 0 Å². The second-order valence-electron chi connectivity index (χ2n) is 6.95. The van der Waals surface area contributed by atoms with Crippen molar-refractivity contribution in [2.45, 2.75) is 32.2 Å². The lowest BCUT2D eigenvalue weighted by molar-refractivity contribution is -0.142. The van der Waals surface area contributed by atoms with Crippen LogP contribution in [0.4, 0.5) is 0 Å². The summed E-state index contributed by atoms with van der Waals surface area (Å²) >= 11 is 0. The van der Waals surface area contributed by atoms with Gasteiger partial charge >= 0.3 is 0 Å². The fraction of sp³-hybridized carbons (Fsp3) is 0.588. The molecular weight excluding hydrogens is 334 g/mol. The molecule has 26 heavy (non-hydrogen) atoms. The molecule has 0 bridgehead atoms. The summed E-state index contributed by atoms with van der Waals surface area (Å²) in [6.45, 7) is 3.11. The van der Waals surface area contributed by atoms with E-state index in [4.69, 9.17) is 0 Å². The molecule has 0 aromatic carbocycles. The Morgan fingerprint density at radius 2 is 2.00 bits per heavy atom. The van der Waals surface area contributed by atoms with Gasteiger partial charge in [0.1, 0.15) is 12.2 Å². The molecule has 0 aliphatic carbocycles. The molecule has 0 spiro atoms. The molecule has 2 amide bonds. The van der Waals surface area contributed by atoms with E-state index in [-0.39, 0.29) is 17.7 Å². The fourth-order valence-electron chi connectivity index (χ4n) is 3.72. The van der Waals surface area contributed by atoms with Crippen LogP contribution in [0, 0.1) is 5.92 Å². The summed E-state index contributed by atoms with van der Waals surface area (Å²) in [6.07, 6.45) is 8.05. The Hall–Kier alpha value is -2.71. The number of aromatic nitrogens is 5. The van der Waals surface area contributed by atoms with E-state index in [0.717, 1.165) is 24.2 Å². The van der Waals surface area contributed by atoms with Crippen molar-refractivity contribution in [3.63, 3.8) is 0 Å². The van der Waals surface area contributed by atoms with Crippen molar-refractivity contribution in [2.75, 3.05) is 26.2 Å². The smallest absolute Gasteiger partial charge is 0.227 e. The first-order valence-electron chi connectivity index (χ1n) is 9.11. The Morgan fingerprint density at radius 1 is 1.19 bits per heavy atom. The molecule has 4 rings (SSSR count). The highest BCUT2D eigenvalue weighted by Crippen LogP contribution is 2.21. The molecule has 9 nitrogen and oxygen atoms in total. The largest absolute Gasteiger partial charge is 0.339 e. The molecule has 2 aromatic rings. The maximum atomic E-state index is 12.8. The monoisotopic (exact) mass is 357 g/mol. The summed E-state index contributed by atoms with van der Waals surface area (Å²) < 4.78 is 1.97. The van der Waals surface area contributed by atoms with Crippen LogP contribution in [0.5, 0.6) is 0 Å². The number of hydrogen-bond donors (Lipinski definition) is 1. The lowest BCUT2D eigenvalue weighted by atomic mass is 9.97. The molecule has 2 aliphatic rings. The molecule has 9 heteroatoms. The summed E-state index contributed by atoms with van der Waals surface area (Å²) in [5.41, 5.74) is 1.04. The molecule has 2 aromatic heterocycles. The van der Waals surface area contributed by atoms with Crippen molar-refractivity contribution in [1.29, 1.82) is 0 Å². The maximum Gasteiger partial charge on any atom is 0.227 e. The molecule has 1 fully saturated rings. The molecule has 2 aliphatic heterocycles. The topological polar surface area (TPSA) is 100 Å². The van der Waals surface area contributed by atoms with Crippen LogP contribution in [0.15, 0.2) is 18.7 Å². The van der Waals surface area contributed by atoms with Gasteiger partial charge in [-0.05, 0) is 18.4 Å². The van der Waals surface area contributed by atoms with E-state index in [1.807, 2.05) is 20.6 Å². The van der Waals surface area contributed by atoms with Gasteiger partial charge in [0, 0.05) is 51.8 Å². The Kier molecular flexibility index (Phi) is 4.68. The van der Waals surface area contributed by atoms with E-state index in [9.17, 15) is 9.59 Å². The van der Waals surface area contributed by atoms with Crippen molar-refractivity contribution < 1.29 is 9.59 Å². The number of nitrogens with one attached hydrogen (secondary N) is 1. The number of rotatable bonds is 4. The Morgan fingerprint density at radius 3 is 2.77 bits per heavy atom. The normalized spacial score (nSPS) is 20.1. The van der Waals surface area contributed by atoms with Crippen molar-refractivity contribution in [2.24, 2.45) is 5.92 Å². The summed E-state index contributed by atoms with van der Waals surface area (Å²) in [6, 6.07) is 0. The molecule has 4 heterocycles. The number of H-pyrrole nitrogens is 1. The van der Waals surface area contributed by atoms with Gasteiger partial charge in [0.05, 0.1) is 12.1 Å². The number of amides is 2. The number of hydrogen-bond acceptors (Lipinski definition) is 5. The number of aromatic amines is 1. The van der Waals surface area contributed by atoms with Crippen molar-refractivity contribution in [3.05, 3.63) is 30.1 Å². The second-order valence-corrected chi connectivity index (χ2v) is 6.95. The summed E-state index contributed by atoms with van der Waals surface area (Å²) in [7, 11) is 0. The predicted octanol–water partition coefficient (Wildman–Crippen LogP) is -0.133. The number of carbonyl (C=O) groups is 2. The quantitative estimate of drug-likeness (QED) is 0.821. The van der Waals surface area contributed by atoms with Crippen LogP contribution < -0.4 is 0 Å². The van der Waals surface area contributed by atoms with E-state index >= 15 is 0 Å². The van der Waals surface area contributed by atoms with Gasteiger partial charge in [0.2, 0.25) is 11.8 Å². The minimum absolute atomic E-state index is 0.0122. The number of aryl methyl sites for hydroxylation is 2. The fourth-order valence-corrected chi connectivity index (χ4v) is 3.72. The molecule has 1 atom stereocenters. The van der Waals surface area contributed by atoms with Crippen LogP contribution in [0.2, 0.25) is 0 Å². The Balaban J connectivity index is 1.25. The zero-order valence-electron chi connectivity index (χ0n) is 14.7. The Labute approximate surface area is 151 Å². The SMILES string of the molecule is O=C(CCc1cn[nH]c1)N1CCN(C(=O)C2CCc3nncn3C2)CC1. The van der Waals surface area contributed by atoms with Gasteiger partial charge in [-0.25, -0.2) is 0 Å². The highest BCUT2D eigenvalue weighted by molar-refractivity contribution is 5.80. The standard InChI is InChI=1S/C17H23N7O2/c25-16(4-1-13-9-18-19-10-13)22-5-7-23(8-6-22)17(26)14-2-3-15-21-20-12-24(15)11-14/h9-10,12,14H,1-8,11H2,(H,18,19). The van der Waals surface area contributed by atoms with Crippen molar-refractivity contribution >= 4 is 11.8 Å². The average molecular weight is 357 g/mol. The van der Waals surface area contributed by atoms with Crippen molar-refractivity contribution in [3.8, 4) is 0 Å². The zero-order valence-corrected chi connectivity index (χ0v) is 14.7. The second kappa shape index (κ2) is 7.27. The third kappa shape index (κ3) is 3.47.